The second-order valence-corrected chi connectivity index (χ2v) is 6.20. The van der Waals surface area contributed by atoms with Gasteiger partial charge in [0, 0.05) is 11.9 Å². The molecule has 102 valence electrons. The summed E-state index contributed by atoms with van der Waals surface area (Å²) in [6.07, 6.45) is 1.35. The van der Waals surface area contributed by atoms with E-state index in [0.29, 0.717) is 11.3 Å². The Kier molecular flexibility index (Phi) is 2.72. The van der Waals surface area contributed by atoms with E-state index in [-0.39, 0.29) is 17.1 Å². The van der Waals surface area contributed by atoms with Crippen molar-refractivity contribution in [2.75, 3.05) is 5.73 Å². The van der Waals surface area contributed by atoms with Crippen LogP contribution in [0.5, 0.6) is 0 Å². The molecular formula is C13H11N3O3S. The van der Waals surface area contributed by atoms with Gasteiger partial charge in [-0.3, -0.25) is 4.79 Å². The van der Waals surface area contributed by atoms with Crippen LogP contribution in [-0.2, 0) is 16.6 Å². The fourth-order valence-electron chi connectivity index (χ4n) is 2.12. The second kappa shape index (κ2) is 4.31. The van der Waals surface area contributed by atoms with Crippen LogP contribution in [0.15, 0.2) is 47.6 Å². The lowest BCUT2D eigenvalue weighted by Crippen LogP contribution is -2.29. The molecule has 1 aromatic carbocycles. The summed E-state index contributed by atoms with van der Waals surface area (Å²) in [5.74, 6) is -0.560. The third-order valence-corrected chi connectivity index (χ3v) is 4.73. The van der Waals surface area contributed by atoms with Crippen molar-refractivity contribution in [1.82, 2.24) is 9.29 Å². The molecule has 0 saturated heterocycles. The zero-order valence-electron chi connectivity index (χ0n) is 10.4. The van der Waals surface area contributed by atoms with Crippen LogP contribution in [-0.4, -0.2) is 23.6 Å². The van der Waals surface area contributed by atoms with Gasteiger partial charge in [0.15, 0.2) is 5.03 Å². The molecule has 1 aliphatic heterocycles. The zero-order valence-corrected chi connectivity index (χ0v) is 11.2. The standard InChI is InChI=1S/C13H11N3O3S/c14-10-4-1-3-9(7-10)8-16-13(17)11-5-2-6-15-12(11)20(16,18)19/h1-7H,8,14H2. The van der Waals surface area contributed by atoms with E-state index in [2.05, 4.69) is 4.98 Å². The average molecular weight is 289 g/mol. The number of nitrogens with two attached hydrogens (primary N) is 1. The molecule has 0 radical (unpaired) electrons. The van der Waals surface area contributed by atoms with Gasteiger partial charge >= 0.3 is 0 Å². The highest BCUT2D eigenvalue weighted by Crippen LogP contribution is 2.29. The Balaban J connectivity index is 2.03. The lowest BCUT2D eigenvalue weighted by molar-refractivity contribution is 0.0865. The van der Waals surface area contributed by atoms with E-state index in [1.165, 1.54) is 18.3 Å². The largest absolute Gasteiger partial charge is 0.399 e. The Labute approximate surface area is 115 Å². The van der Waals surface area contributed by atoms with E-state index in [4.69, 9.17) is 5.73 Å². The van der Waals surface area contributed by atoms with Crippen LogP contribution in [0.4, 0.5) is 5.69 Å². The second-order valence-electron chi connectivity index (χ2n) is 4.42. The highest BCUT2D eigenvalue weighted by atomic mass is 32.2. The number of hydrogen-bond donors (Lipinski definition) is 1. The molecule has 6 nitrogen and oxygen atoms in total. The normalized spacial score (nSPS) is 16.2. The van der Waals surface area contributed by atoms with Gasteiger partial charge in [-0.15, -0.1) is 0 Å². The Bertz CT molecular complexity index is 802. The van der Waals surface area contributed by atoms with E-state index in [1.807, 2.05) is 0 Å². The van der Waals surface area contributed by atoms with Gasteiger partial charge in [-0.05, 0) is 29.8 Å². The fraction of sp³-hybridized carbons (Fsp3) is 0.0769. The number of carbonyl (C=O) groups is 1. The minimum absolute atomic E-state index is 0.0530. The molecule has 0 unspecified atom stereocenters. The van der Waals surface area contributed by atoms with Gasteiger partial charge in [0.05, 0.1) is 12.1 Å². The van der Waals surface area contributed by atoms with Crippen molar-refractivity contribution in [2.24, 2.45) is 0 Å². The predicted octanol–water partition coefficient (Wildman–Crippen LogP) is 1.01. The number of carbonyl (C=O) groups excluding carboxylic acids is 1. The van der Waals surface area contributed by atoms with Crippen LogP contribution in [0.2, 0.25) is 0 Å². The number of hydrogen-bond acceptors (Lipinski definition) is 5. The smallest absolute Gasteiger partial charge is 0.285 e. The van der Waals surface area contributed by atoms with Crippen molar-refractivity contribution in [3.05, 3.63) is 53.7 Å². The number of aromatic nitrogens is 1. The number of pyridine rings is 1. The third-order valence-electron chi connectivity index (χ3n) is 3.04. The summed E-state index contributed by atoms with van der Waals surface area (Å²) in [4.78, 5) is 16.0. The Morgan fingerprint density at radius 3 is 2.70 bits per heavy atom. The average Bonchev–Trinajstić information content (AvgIpc) is 2.61. The number of anilines is 1. The summed E-state index contributed by atoms with van der Waals surface area (Å²) in [5, 5.41) is -0.186. The number of benzene rings is 1. The van der Waals surface area contributed by atoms with Gasteiger partial charge < -0.3 is 5.73 Å². The maximum atomic E-state index is 12.3. The van der Waals surface area contributed by atoms with E-state index in [1.54, 1.807) is 24.3 Å². The van der Waals surface area contributed by atoms with E-state index >= 15 is 0 Å². The number of sulfonamides is 1. The molecule has 0 fully saturated rings. The number of rotatable bonds is 2. The van der Waals surface area contributed by atoms with Crippen molar-refractivity contribution < 1.29 is 13.2 Å². The first-order valence-electron chi connectivity index (χ1n) is 5.86. The van der Waals surface area contributed by atoms with Crippen LogP contribution in [0, 0.1) is 0 Å². The van der Waals surface area contributed by atoms with Crippen LogP contribution in [0.1, 0.15) is 15.9 Å². The molecule has 0 bridgehead atoms. The first kappa shape index (κ1) is 12.6. The molecule has 7 heteroatoms. The maximum absolute atomic E-state index is 12.3. The molecular weight excluding hydrogens is 278 g/mol. The van der Waals surface area contributed by atoms with Crippen LogP contribution < -0.4 is 5.73 Å². The number of amides is 1. The Morgan fingerprint density at radius 2 is 2.00 bits per heavy atom. The SMILES string of the molecule is Nc1cccc(CN2C(=O)c3cccnc3S2(=O)=O)c1. The highest BCUT2D eigenvalue weighted by Gasteiger charge is 2.42. The zero-order chi connectivity index (χ0) is 14.3. The highest BCUT2D eigenvalue weighted by molar-refractivity contribution is 7.90. The Morgan fingerprint density at radius 1 is 1.20 bits per heavy atom. The molecule has 20 heavy (non-hydrogen) atoms. The summed E-state index contributed by atoms with van der Waals surface area (Å²) in [7, 11) is -3.87. The van der Waals surface area contributed by atoms with Gasteiger partial charge in [-0.2, -0.15) is 8.42 Å². The molecule has 3 rings (SSSR count). The molecule has 0 spiro atoms. The lowest BCUT2D eigenvalue weighted by atomic mass is 10.2. The number of fused-ring (bicyclic) bond motifs is 1. The monoisotopic (exact) mass is 289 g/mol. The van der Waals surface area contributed by atoms with Crippen LogP contribution in [0.3, 0.4) is 0 Å². The molecule has 0 aliphatic carbocycles. The topological polar surface area (TPSA) is 93.4 Å². The summed E-state index contributed by atoms with van der Waals surface area (Å²) in [5.41, 5.74) is 6.93. The molecule has 2 N–H and O–H groups in total. The number of nitrogens with zero attached hydrogens (tertiary/aromatic N) is 2. The van der Waals surface area contributed by atoms with Crippen molar-refractivity contribution in [3.63, 3.8) is 0 Å². The van der Waals surface area contributed by atoms with Crippen molar-refractivity contribution in [3.8, 4) is 0 Å². The summed E-state index contributed by atoms with van der Waals surface area (Å²) < 4.78 is 25.4. The van der Waals surface area contributed by atoms with Gasteiger partial charge in [0.25, 0.3) is 15.9 Å². The molecule has 2 aromatic rings. The van der Waals surface area contributed by atoms with Gasteiger partial charge in [0.2, 0.25) is 0 Å². The van der Waals surface area contributed by atoms with Gasteiger partial charge in [-0.25, -0.2) is 9.29 Å². The number of nitrogen functional groups attached to an aromatic ring is 1. The molecule has 2 heterocycles. The molecule has 1 aromatic heterocycles. The Hall–Kier alpha value is -2.41. The summed E-state index contributed by atoms with van der Waals surface area (Å²) >= 11 is 0. The van der Waals surface area contributed by atoms with Crippen molar-refractivity contribution in [1.29, 1.82) is 0 Å². The lowest BCUT2D eigenvalue weighted by Gasteiger charge is -2.14. The van der Waals surface area contributed by atoms with Crippen LogP contribution in [0.25, 0.3) is 0 Å². The van der Waals surface area contributed by atoms with Crippen molar-refractivity contribution >= 4 is 21.6 Å². The quantitative estimate of drug-likeness (QED) is 0.833. The minimum Gasteiger partial charge on any atom is -0.399 e. The predicted molar refractivity (Wildman–Crippen MR) is 72.2 cm³/mol. The summed E-state index contributed by atoms with van der Waals surface area (Å²) in [6.45, 7) is -0.0530. The maximum Gasteiger partial charge on any atom is 0.285 e. The first-order chi connectivity index (χ1) is 9.50. The first-order valence-corrected chi connectivity index (χ1v) is 7.30. The van der Waals surface area contributed by atoms with Gasteiger partial charge in [0.1, 0.15) is 0 Å². The van der Waals surface area contributed by atoms with Gasteiger partial charge in [-0.1, -0.05) is 12.1 Å². The van der Waals surface area contributed by atoms with E-state index in [0.717, 1.165) is 4.31 Å². The van der Waals surface area contributed by atoms with Crippen molar-refractivity contribution in [2.45, 2.75) is 11.6 Å². The molecule has 0 saturated carbocycles. The molecule has 0 atom stereocenters. The van der Waals surface area contributed by atoms with E-state index < -0.39 is 15.9 Å². The minimum atomic E-state index is -3.87. The molecule has 1 amide bonds. The fourth-order valence-corrected chi connectivity index (χ4v) is 3.59. The third kappa shape index (κ3) is 1.83. The molecule has 1 aliphatic rings. The summed E-state index contributed by atoms with van der Waals surface area (Å²) in [6, 6.07) is 9.76. The van der Waals surface area contributed by atoms with E-state index in [9.17, 15) is 13.2 Å². The van der Waals surface area contributed by atoms with Crippen LogP contribution >= 0.6 is 0 Å².